The molecule has 0 aliphatic heterocycles. The average Bonchev–Trinajstić information content (AvgIpc) is 2.70. The molecule has 0 radical (unpaired) electrons. The second-order valence-electron chi connectivity index (χ2n) is 8.26. The van der Waals surface area contributed by atoms with Crippen LogP contribution in [0.5, 0.6) is 5.75 Å². The van der Waals surface area contributed by atoms with Gasteiger partial charge >= 0.3 is 0 Å². The summed E-state index contributed by atoms with van der Waals surface area (Å²) >= 11 is 0. The van der Waals surface area contributed by atoms with Crippen molar-refractivity contribution in [2.24, 2.45) is 23.5 Å². The smallest absolute Gasteiger partial charge is 0.230 e. The fraction of sp³-hybridized carbons (Fsp3) is 0.450. The van der Waals surface area contributed by atoms with Crippen LogP contribution in [0, 0.1) is 17.8 Å². The molecule has 0 heterocycles. The number of aliphatic hydroxyl groups is 6. The van der Waals surface area contributed by atoms with E-state index in [1.165, 1.54) is 12.1 Å². The van der Waals surface area contributed by atoms with E-state index in [9.17, 15) is 50.1 Å². The number of hydrogen-bond donors (Lipinski definition) is 8. The highest BCUT2D eigenvalue weighted by molar-refractivity contribution is 6.16. The number of fused-ring (bicyclic) bond motifs is 3. The highest BCUT2D eigenvalue weighted by Crippen LogP contribution is 2.56. The number of benzene rings is 1. The molecule has 3 unspecified atom stereocenters. The Kier molecular flexibility index (Phi) is 4.54. The molecule has 1 aromatic rings. The number of nitrogens with two attached hydrogens (primary N) is 1. The summed E-state index contributed by atoms with van der Waals surface area (Å²) in [5.74, 6) is -10.9. The molecule has 31 heavy (non-hydrogen) atoms. The van der Waals surface area contributed by atoms with E-state index in [1.807, 2.05) is 0 Å². The Bertz CT molecular complexity index is 1050. The number of hydrogen-bond acceptors (Lipinski definition) is 10. The van der Waals surface area contributed by atoms with Crippen LogP contribution in [-0.2, 0) is 15.2 Å². The second kappa shape index (κ2) is 6.58. The third-order valence-electron chi connectivity index (χ3n) is 6.80. The number of aromatic hydroxyl groups is 1. The number of carbonyl (C=O) groups excluding carboxylic acids is 3. The number of phenols is 1. The van der Waals surface area contributed by atoms with E-state index in [1.54, 1.807) is 0 Å². The van der Waals surface area contributed by atoms with E-state index in [0.29, 0.717) is 0 Å². The largest absolute Gasteiger partial charge is 0.508 e. The molecule has 3 aliphatic rings. The van der Waals surface area contributed by atoms with Gasteiger partial charge in [0.25, 0.3) is 0 Å². The maximum atomic E-state index is 13.2. The molecule has 1 amide bonds. The first kappa shape index (κ1) is 21.4. The summed E-state index contributed by atoms with van der Waals surface area (Å²) in [5, 5.41) is 74.8. The van der Waals surface area contributed by atoms with Crippen LogP contribution < -0.4 is 5.73 Å². The molecule has 1 aromatic carbocycles. The van der Waals surface area contributed by atoms with E-state index in [0.717, 1.165) is 6.07 Å². The van der Waals surface area contributed by atoms with Gasteiger partial charge in [0.05, 0.1) is 35.9 Å². The summed E-state index contributed by atoms with van der Waals surface area (Å²) in [5.41, 5.74) is -1.69. The fourth-order valence-electron chi connectivity index (χ4n) is 5.31. The van der Waals surface area contributed by atoms with E-state index in [4.69, 9.17) is 5.73 Å². The first-order chi connectivity index (χ1) is 14.4. The lowest BCUT2D eigenvalue weighted by molar-refractivity contribution is -0.191. The van der Waals surface area contributed by atoms with Gasteiger partial charge < -0.3 is 41.5 Å². The van der Waals surface area contributed by atoms with Crippen LogP contribution in [0.2, 0.25) is 0 Å². The second-order valence-corrected chi connectivity index (χ2v) is 8.26. The minimum Gasteiger partial charge on any atom is -0.508 e. The number of rotatable bonds is 2. The first-order valence-electron chi connectivity index (χ1n) is 9.49. The number of Topliss-reactive ketones (excluding diaryl/α,β-unsaturated/α-hetero) is 2. The van der Waals surface area contributed by atoms with Gasteiger partial charge in [0.2, 0.25) is 5.91 Å². The van der Waals surface area contributed by atoms with Crippen molar-refractivity contribution < 1.29 is 50.1 Å². The van der Waals surface area contributed by atoms with Crippen LogP contribution in [0.25, 0.3) is 0 Å². The molecule has 0 bridgehead atoms. The molecule has 0 saturated heterocycles. The number of amides is 1. The maximum absolute atomic E-state index is 13.2. The highest BCUT2D eigenvalue weighted by Gasteiger charge is 2.68. The van der Waals surface area contributed by atoms with Crippen molar-refractivity contribution in [2.45, 2.75) is 29.8 Å². The monoisotopic (exact) mass is 435 g/mol. The summed E-state index contributed by atoms with van der Waals surface area (Å²) < 4.78 is 0. The molecule has 3 aliphatic carbocycles. The van der Waals surface area contributed by atoms with E-state index >= 15 is 0 Å². The van der Waals surface area contributed by atoms with Crippen LogP contribution in [0.4, 0.5) is 0 Å². The quantitative estimate of drug-likeness (QED) is 0.226. The summed E-state index contributed by atoms with van der Waals surface area (Å²) in [7, 11) is 0. The van der Waals surface area contributed by atoms with Gasteiger partial charge in [-0.25, -0.2) is 0 Å². The van der Waals surface area contributed by atoms with E-state index in [2.05, 4.69) is 0 Å². The molecule has 11 nitrogen and oxygen atoms in total. The predicted octanol–water partition coefficient (Wildman–Crippen LogP) is -2.65. The molecule has 1 saturated carbocycles. The minimum atomic E-state index is -2.96. The van der Waals surface area contributed by atoms with Crippen LogP contribution in [-0.4, -0.2) is 77.6 Å². The van der Waals surface area contributed by atoms with Crippen LogP contribution in [0.3, 0.4) is 0 Å². The number of phenolic OH excluding ortho intramolecular Hbond substituents is 1. The Hall–Kier alpha value is -2.83. The zero-order chi connectivity index (χ0) is 23.0. The van der Waals surface area contributed by atoms with Crippen molar-refractivity contribution in [3.63, 3.8) is 0 Å². The topological polar surface area (TPSA) is 219 Å². The lowest BCUT2D eigenvalue weighted by Gasteiger charge is -2.54. The summed E-state index contributed by atoms with van der Waals surface area (Å²) in [6.45, 7) is -1.05. The zero-order valence-corrected chi connectivity index (χ0v) is 16.0. The Labute approximate surface area is 174 Å². The van der Waals surface area contributed by atoms with E-state index < -0.39 is 94.3 Å². The Morgan fingerprint density at radius 3 is 2.39 bits per heavy atom. The fourth-order valence-corrected chi connectivity index (χ4v) is 5.31. The number of carbonyl (C=O) groups is 3. The molecule has 166 valence electrons. The summed E-state index contributed by atoms with van der Waals surface area (Å²) in [6, 6.07) is 3.66. The number of aliphatic hydroxyl groups excluding tert-OH is 4. The summed E-state index contributed by atoms with van der Waals surface area (Å²) in [4.78, 5) is 37.8. The third kappa shape index (κ3) is 2.43. The van der Waals surface area contributed by atoms with Crippen LogP contribution in [0.1, 0.15) is 22.3 Å². The number of primary amides is 1. The molecule has 7 atom stereocenters. The molecule has 9 N–H and O–H groups in total. The lowest BCUT2D eigenvalue weighted by Crippen LogP contribution is -2.69. The molecule has 0 spiro atoms. The molecule has 0 aromatic heterocycles. The van der Waals surface area contributed by atoms with Gasteiger partial charge in [0, 0.05) is 11.5 Å². The van der Waals surface area contributed by atoms with Crippen LogP contribution in [0.15, 0.2) is 29.5 Å². The Balaban J connectivity index is 2.04. The van der Waals surface area contributed by atoms with Gasteiger partial charge in [-0.05, 0) is 12.5 Å². The zero-order valence-electron chi connectivity index (χ0n) is 16.0. The van der Waals surface area contributed by atoms with Gasteiger partial charge in [-0.1, -0.05) is 12.1 Å². The maximum Gasteiger partial charge on any atom is 0.230 e. The van der Waals surface area contributed by atoms with Crippen molar-refractivity contribution in [3.8, 4) is 5.75 Å². The van der Waals surface area contributed by atoms with Gasteiger partial charge in [0.15, 0.2) is 17.2 Å². The number of ketones is 2. The minimum absolute atomic E-state index is 0.219. The Morgan fingerprint density at radius 1 is 1.16 bits per heavy atom. The van der Waals surface area contributed by atoms with Crippen molar-refractivity contribution in [1.82, 2.24) is 0 Å². The highest BCUT2D eigenvalue weighted by atomic mass is 16.4. The third-order valence-corrected chi connectivity index (χ3v) is 6.80. The summed E-state index contributed by atoms with van der Waals surface area (Å²) in [6.07, 6.45) is -4.19. The van der Waals surface area contributed by atoms with Gasteiger partial charge in [-0.15, -0.1) is 0 Å². The molecule has 11 heteroatoms. The molecule has 1 fully saturated rings. The van der Waals surface area contributed by atoms with Gasteiger partial charge in [-0.2, -0.15) is 0 Å². The van der Waals surface area contributed by atoms with Crippen molar-refractivity contribution in [2.75, 3.05) is 6.61 Å². The van der Waals surface area contributed by atoms with E-state index in [-0.39, 0.29) is 5.56 Å². The predicted molar refractivity (Wildman–Crippen MR) is 99.3 cm³/mol. The molecular weight excluding hydrogens is 414 g/mol. The first-order valence-corrected chi connectivity index (χ1v) is 9.49. The SMILES string of the molecule is NC(=O)C1C(=O)[C@@]2(O)C(O)=C3C(=O)c4c(O)cccc4C(O)(CO)[C@H]3[C@H](O)[C@H]2CC1O. The van der Waals surface area contributed by atoms with Gasteiger partial charge in [-0.3, -0.25) is 14.4 Å². The Morgan fingerprint density at radius 2 is 1.81 bits per heavy atom. The lowest BCUT2D eigenvalue weighted by atomic mass is 9.53. The molecule has 4 rings (SSSR count). The van der Waals surface area contributed by atoms with Crippen molar-refractivity contribution >= 4 is 17.5 Å². The van der Waals surface area contributed by atoms with Crippen LogP contribution >= 0.6 is 0 Å². The normalized spacial score (nSPS) is 39.6. The molecular formula is C20H21NO10. The van der Waals surface area contributed by atoms with Crippen molar-refractivity contribution in [3.05, 3.63) is 40.7 Å². The standard InChI is InChI=1S/C20H21NO10/c21-18(29)11-9(24)4-7-14(25)13-12(17(28)20(7,31)16(11)27)15(26)10-6(19(13,30)5-22)2-1-3-8(10)23/h1-3,7,9,11,13-14,22-25,28,30-31H,4-5H2,(H2,21,29)/t7-,9?,11?,13-,14-,19?,20-/m1/s1. The van der Waals surface area contributed by atoms with Gasteiger partial charge in [0.1, 0.15) is 23.0 Å². The van der Waals surface area contributed by atoms with Crippen molar-refractivity contribution in [1.29, 1.82) is 0 Å². The average molecular weight is 435 g/mol.